The van der Waals surface area contributed by atoms with Gasteiger partial charge in [0.2, 0.25) is 0 Å². The summed E-state index contributed by atoms with van der Waals surface area (Å²) in [5.74, 6) is 1.00. The molecule has 0 atom stereocenters. The second-order valence-corrected chi connectivity index (χ2v) is 4.46. The maximum atomic E-state index is 9.40. The fraction of sp³-hybridized carbons (Fsp3) is 0.286. The predicted octanol–water partition coefficient (Wildman–Crippen LogP) is 3.74. The number of hydrogen-bond donors (Lipinski definition) is 1. The third kappa shape index (κ3) is 2.30. The average Bonchev–Trinajstić information content (AvgIpc) is 2.16. The molecule has 2 aromatic carbocycles. The smallest absolute Gasteiger partial charge is 0.116 e. The van der Waals surface area contributed by atoms with Crippen molar-refractivity contribution in [1.29, 1.82) is 0 Å². The number of phenolic OH excluding ortho intramolecular Hbond substituents is 1. The van der Waals surface area contributed by atoms with E-state index in [-0.39, 0.29) is 0 Å². The van der Waals surface area contributed by atoms with Gasteiger partial charge in [-0.05, 0) is 40.8 Å². The molecule has 0 aliphatic heterocycles. The Morgan fingerprint density at radius 2 is 1.73 bits per heavy atom. The molecule has 0 bridgehead atoms. The van der Waals surface area contributed by atoms with Crippen LogP contribution < -0.4 is 0 Å². The number of rotatable bonds is 2. The Balaban J connectivity index is 2.45. The largest absolute Gasteiger partial charge is 0.508 e. The molecule has 78 valence electrons. The molecule has 0 unspecified atom stereocenters. The van der Waals surface area contributed by atoms with E-state index >= 15 is 0 Å². The van der Waals surface area contributed by atoms with Gasteiger partial charge in [-0.15, -0.1) is 0 Å². The van der Waals surface area contributed by atoms with Crippen LogP contribution in [0.5, 0.6) is 5.75 Å². The van der Waals surface area contributed by atoms with Gasteiger partial charge < -0.3 is 5.11 Å². The number of phenols is 1. The van der Waals surface area contributed by atoms with Crippen LogP contribution in [-0.4, -0.2) is 5.11 Å². The minimum atomic E-state index is 0.337. The van der Waals surface area contributed by atoms with Crippen LogP contribution in [0.15, 0.2) is 36.4 Å². The predicted molar refractivity (Wildman–Crippen MR) is 64.2 cm³/mol. The van der Waals surface area contributed by atoms with Crippen LogP contribution in [0.1, 0.15) is 19.4 Å². The van der Waals surface area contributed by atoms with Gasteiger partial charge in [-0.25, -0.2) is 0 Å². The molecule has 0 spiro atoms. The number of aromatic hydroxyl groups is 1. The lowest BCUT2D eigenvalue weighted by atomic mass is 10.00. The van der Waals surface area contributed by atoms with Crippen molar-refractivity contribution in [3.05, 3.63) is 42.0 Å². The molecular formula is C14H16O. The first-order chi connectivity index (χ1) is 7.15. The normalized spacial score (nSPS) is 11.1. The van der Waals surface area contributed by atoms with Crippen LogP contribution in [0.2, 0.25) is 0 Å². The van der Waals surface area contributed by atoms with Crippen molar-refractivity contribution in [2.75, 3.05) is 0 Å². The highest BCUT2D eigenvalue weighted by Gasteiger charge is 2.00. The van der Waals surface area contributed by atoms with Crippen molar-refractivity contribution >= 4 is 10.8 Å². The summed E-state index contributed by atoms with van der Waals surface area (Å²) >= 11 is 0. The zero-order chi connectivity index (χ0) is 10.8. The Kier molecular flexibility index (Phi) is 2.63. The summed E-state index contributed by atoms with van der Waals surface area (Å²) < 4.78 is 0. The molecule has 0 aliphatic rings. The van der Waals surface area contributed by atoms with Crippen LogP contribution in [0.3, 0.4) is 0 Å². The summed E-state index contributed by atoms with van der Waals surface area (Å²) in [4.78, 5) is 0. The molecule has 2 rings (SSSR count). The third-order valence-corrected chi connectivity index (χ3v) is 2.53. The van der Waals surface area contributed by atoms with E-state index in [0.29, 0.717) is 11.7 Å². The van der Waals surface area contributed by atoms with E-state index in [4.69, 9.17) is 0 Å². The first-order valence-electron chi connectivity index (χ1n) is 5.37. The maximum Gasteiger partial charge on any atom is 0.116 e. The Morgan fingerprint density at radius 3 is 2.47 bits per heavy atom. The monoisotopic (exact) mass is 200 g/mol. The lowest BCUT2D eigenvalue weighted by Crippen LogP contribution is -1.93. The minimum Gasteiger partial charge on any atom is -0.508 e. The van der Waals surface area contributed by atoms with E-state index in [0.717, 1.165) is 11.8 Å². The lowest BCUT2D eigenvalue weighted by molar-refractivity contribution is 0.476. The molecule has 0 amide bonds. The third-order valence-electron chi connectivity index (χ3n) is 2.53. The van der Waals surface area contributed by atoms with Crippen LogP contribution in [0.4, 0.5) is 0 Å². The molecular weight excluding hydrogens is 184 g/mol. The summed E-state index contributed by atoms with van der Waals surface area (Å²) in [6, 6.07) is 11.9. The Labute approximate surface area is 90.4 Å². The van der Waals surface area contributed by atoms with E-state index in [1.807, 2.05) is 12.1 Å². The fourth-order valence-corrected chi connectivity index (χ4v) is 1.88. The molecule has 0 heterocycles. The Bertz CT molecular complexity index is 472. The van der Waals surface area contributed by atoms with Gasteiger partial charge >= 0.3 is 0 Å². The highest BCUT2D eigenvalue weighted by atomic mass is 16.3. The number of hydrogen-bond acceptors (Lipinski definition) is 1. The second kappa shape index (κ2) is 3.93. The topological polar surface area (TPSA) is 20.2 Å². The zero-order valence-corrected chi connectivity index (χ0v) is 9.20. The van der Waals surface area contributed by atoms with Crippen molar-refractivity contribution in [1.82, 2.24) is 0 Å². The number of fused-ring (bicyclic) bond motifs is 1. The minimum absolute atomic E-state index is 0.337. The SMILES string of the molecule is CC(C)Cc1ccc2ccc(O)cc2c1. The quantitative estimate of drug-likeness (QED) is 0.782. The summed E-state index contributed by atoms with van der Waals surface area (Å²) in [5, 5.41) is 11.7. The van der Waals surface area contributed by atoms with Gasteiger partial charge in [-0.1, -0.05) is 38.1 Å². The standard InChI is InChI=1S/C14H16O/c1-10(2)7-11-3-4-12-5-6-14(15)9-13(12)8-11/h3-6,8-10,15H,7H2,1-2H3. The zero-order valence-electron chi connectivity index (χ0n) is 9.20. The van der Waals surface area contributed by atoms with Crippen molar-refractivity contribution in [2.24, 2.45) is 5.92 Å². The molecule has 0 radical (unpaired) electrons. The van der Waals surface area contributed by atoms with Gasteiger partial charge in [0, 0.05) is 0 Å². The van der Waals surface area contributed by atoms with Gasteiger partial charge in [0.05, 0.1) is 0 Å². The van der Waals surface area contributed by atoms with Crippen LogP contribution in [0, 0.1) is 5.92 Å². The fourth-order valence-electron chi connectivity index (χ4n) is 1.88. The van der Waals surface area contributed by atoms with Crippen molar-refractivity contribution in [3.63, 3.8) is 0 Å². The Morgan fingerprint density at radius 1 is 1.00 bits per heavy atom. The van der Waals surface area contributed by atoms with E-state index in [9.17, 15) is 5.11 Å². The summed E-state index contributed by atoms with van der Waals surface area (Å²) in [6.07, 6.45) is 1.09. The van der Waals surface area contributed by atoms with Crippen LogP contribution in [-0.2, 0) is 6.42 Å². The lowest BCUT2D eigenvalue weighted by Gasteiger charge is -2.06. The molecule has 1 N–H and O–H groups in total. The highest BCUT2D eigenvalue weighted by molar-refractivity contribution is 5.84. The summed E-state index contributed by atoms with van der Waals surface area (Å²) in [7, 11) is 0. The van der Waals surface area contributed by atoms with Gasteiger partial charge in [-0.2, -0.15) is 0 Å². The van der Waals surface area contributed by atoms with E-state index in [1.165, 1.54) is 10.9 Å². The molecule has 1 nitrogen and oxygen atoms in total. The second-order valence-electron chi connectivity index (χ2n) is 4.46. The molecule has 1 heteroatoms. The first-order valence-corrected chi connectivity index (χ1v) is 5.37. The number of benzene rings is 2. The van der Waals surface area contributed by atoms with Gasteiger partial charge in [0.15, 0.2) is 0 Å². The summed E-state index contributed by atoms with van der Waals surface area (Å²) in [5.41, 5.74) is 1.34. The Hall–Kier alpha value is -1.50. The summed E-state index contributed by atoms with van der Waals surface area (Å²) in [6.45, 7) is 4.43. The highest BCUT2D eigenvalue weighted by Crippen LogP contribution is 2.22. The van der Waals surface area contributed by atoms with Crippen molar-refractivity contribution in [2.45, 2.75) is 20.3 Å². The molecule has 0 saturated carbocycles. The van der Waals surface area contributed by atoms with Crippen LogP contribution in [0.25, 0.3) is 10.8 Å². The van der Waals surface area contributed by atoms with Gasteiger partial charge in [-0.3, -0.25) is 0 Å². The average molecular weight is 200 g/mol. The van der Waals surface area contributed by atoms with Crippen molar-refractivity contribution < 1.29 is 5.11 Å². The molecule has 0 aromatic heterocycles. The van der Waals surface area contributed by atoms with Gasteiger partial charge in [0.25, 0.3) is 0 Å². The van der Waals surface area contributed by atoms with E-state index < -0.39 is 0 Å². The first kappa shape index (κ1) is 10.0. The molecule has 0 fully saturated rings. The van der Waals surface area contributed by atoms with E-state index in [2.05, 4.69) is 32.0 Å². The van der Waals surface area contributed by atoms with Crippen molar-refractivity contribution in [3.8, 4) is 5.75 Å². The molecule has 15 heavy (non-hydrogen) atoms. The molecule has 0 saturated heterocycles. The van der Waals surface area contributed by atoms with Crippen LogP contribution >= 0.6 is 0 Å². The van der Waals surface area contributed by atoms with E-state index in [1.54, 1.807) is 6.07 Å². The maximum absolute atomic E-state index is 9.40. The molecule has 2 aromatic rings. The molecule has 0 aliphatic carbocycles. The van der Waals surface area contributed by atoms with Gasteiger partial charge in [0.1, 0.15) is 5.75 Å².